The quantitative estimate of drug-likeness (QED) is 0.796. The highest BCUT2D eigenvalue weighted by Crippen LogP contribution is 2.27. The third kappa shape index (κ3) is 4.84. The number of para-hydroxylation sites is 1. The molecule has 1 aromatic carbocycles. The molecule has 8 heteroatoms. The Hall–Kier alpha value is -2.38. The van der Waals surface area contributed by atoms with Gasteiger partial charge in [-0.05, 0) is 12.1 Å². The number of piperidine rings is 1. The third-order valence-electron chi connectivity index (χ3n) is 5.52. The zero-order valence-corrected chi connectivity index (χ0v) is 18.0. The number of halogens is 1. The highest BCUT2D eigenvalue weighted by atomic mass is 35.5. The maximum atomic E-state index is 12.6. The predicted octanol–water partition coefficient (Wildman–Crippen LogP) is 3.88. The number of ether oxygens (including phenoxy) is 2. The lowest BCUT2D eigenvalue weighted by Crippen LogP contribution is -2.44. The van der Waals surface area contributed by atoms with Crippen LogP contribution in [0.4, 0.5) is 10.5 Å². The Balaban J connectivity index is 1.38. The summed E-state index contributed by atoms with van der Waals surface area (Å²) in [5, 5.41) is 3.42. The van der Waals surface area contributed by atoms with Crippen molar-refractivity contribution in [1.82, 2.24) is 14.9 Å². The van der Waals surface area contributed by atoms with Gasteiger partial charge in [0.2, 0.25) is 5.88 Å². The van der Waals surface area contributed by atoms with Crippen molar-refractivity contribution >= 4 is 23.3 Å². The van der Waals surface area contributed by atoms with E-state index in [9.17, 15) is 4.79 Å². The second-order valence-corrected chi connectivity index (χ2v) is 7.96. The summed E-state index contributed by atoms with van der Waals surface area (Å²) in [6, 6.07) is 7.11. The maximum absolute atomic E-state index is 12.6. The Morgan fingerprint density at radius 2 is 2.00 bits per heavy atom. The molecule has 1 fully saturated rings. The van der Waals surface area contributed by atoms with Gasteiger partial charge in [-0.25, -0.2) is 9.78 Å². The predicted molar refractivity (Wildman–Crippen MR) is 115 cm³/mol. The number of aryl methyl sites for hydroxylation is 1. The van der Waals surface area contributed by atoms with Crippen molar-refractivity contribution in [3.8, 4) is 5.88 Å². The van der Waals surface area contributed by atoms with E-state index in [1.807, 2.05) is 12.1 Å². The first-order valence-corrected chi connectivity index (χ1v) is 11.0. The van der Waals surface area contributed by atoms with Gasteiger partial charge in [0.25, 0.3) is 0 Å². The molecule has 0 radical (unpaired) electrons. The molecule has 2 aromatic rings. The van der Waals surface area contributed by atoms with E-state index in [1.54, 1.807) is 17.0 Å². The number of likely N-dealkylation sites (tertiary alicyclic amines) is 1. The summed E-state index contributed by atoms with van der Waals surface area (Å²) < 4.78 is 11.9. The zero-order chi connectivity index (χ0) is 20.9. The third-order valence-corrected chi connectivity index (χ3v) is 5.85. The number of nitrogens with one attached hydrogen (secondary N) is 1. The molecule has 2 amide bonds. The van der Waals surface area contributed by atoms with E-state index >= 15 is 0 Å². The molecule has 2 aliphatic heterocycles. The number of nitrogens with zero attached hydrogens (tertiary/aromatic N) is 3. The van der Waals surface area contributed by atoms with Crippen molar-refractivity contribution in [3.63, 3.8) is 0 Å². The number of carbonyl (C=O) groups is 1. The smallest absolute Gasteiger partial charge is 0.321 e. The van der Waals surface area contributed by atoms with Gasteiger partial charge < -0.3 is 19.7 Å². The van der Waals surface area contributed by atoms with Gasteiger partial charge in [-0.3, -0.25) is 0 Å². The van der Waals surface area contributed by atoms with Gasteiger partial charge in [-0.1, -0.05) is 30.7 Å². The SMILES string of the molecule is CCc1nc2c(c(OC3CCN(C(=O)Nc4ccccc4Cl)CC3)n1)CCOCC2. The molecule has 2 aliphatic rings. The number of amides is 2. The van der Waals surface area contributed by atoms with Crippen LogP contribution in [0.1, 0.15) is 36.8 Å². The van der Waals surface area contributed by atoms with Gasteiger partial charge in [0.05, 0.1) is 29.6 Å². The van der Waals surface area contributed by atoms with E-state index in [1.165, 1.54) is 0 Å². The molecule has 0 saturated carbocycles. The lowest BCUT2D eigenvalue weighted by atomic mass is 10.1. The summed E-state index contributed by atoms with van der Waals surface area (Å²) in [5.74, 6) is 1.50. The number of hydrogen-bond donors (Lipinski definition) is 1. The number of anilines is 1. The van der Waals surface area contributed by atoms with Crippen LogP contribution in [0.3, 0.4) is 0 Å². The van der Waals surface area contributed by atoms with E-state index in [2.05, 4.69) is 22.2 Å². The fourth-order valence-electron chi connectivity index (χ4n) is 3.81. The molecule has 0 atom stereocenters. The fraction of sp³-hybridized carbons (Fsp3) is 0.500. The summed E-state index contributed by atoms with van der Waals surface area (Å²) in [6.07, 6.45) is 3.88. The number of benzene rings is 1. The summed E-state index contributed by atoms with van der Waals surface area (Å²) >= 11 is 6.14. The van der Waals surface area contributed by atoms with Crippen LogP contribution in [-0.2, 0) is 24.0 Å². The van der Waals surface area contributed by atoms with Gasteiger partial charge in [-0.2, -0.15) is 4.98 Å². The first kappa shape index (κ1) is 20.9. The molecule has 30 heavy (non-hydrogen) atoms. The number of rotatable bonds is 4. The maximum Gasteiger partial charge on any atom is 0.321 e. The normalized spacial score (nSPS) is 17.2. The first-order valence-electron chi connectivity index (χ1n) is 10.6. The minimum absolute atomic E-state index is 0.0299. The molecule has 4 rings (SSSR count). The highest BCUT2D eigenvalue weighted by Gasteiger charge is 2.26. The Kier molecular flexibility index (Phi) is 6.69. The van der Waals surface area contributed by atoms with Gasteiger partial charge in [0.1, 0.15) is 11.9 Å². The second kappa shape index (κ2) is 9.62. The Morgan fingerprint density at radius 3 is 2.77 bits per heavy atom. The lowest BCUT2D eigenvalue weighted by Gasteiger charge is -2.32. The minimum atomic E-state index is -0.136. The Bertz CT molecular complexity index is 900. The average Bonchev–Trinajstić information content (AvgIpc) is 3.01. The summed E-state index contributed by atoms with van der Waals surface area (Å²) in [5.41, 5.74) is 2.75. The van der Waals surface area contributed by atoms with Crippen LogP contribution in [0, 0.1) is 0 Å². The van der Waals surface area contributed by atoms with E-state index < -0.39 is 0 Å². The molecule has 3 heterocycles. The van der Waals surface area contributed by atoms with Crippen LogP contribution in [0.25, 0.3) is 0 Å². The van der Waals surface area contributed by atoms with Crippen molar-refractivity contribution in [2.24, 2.45) is 0 Å². The van der Waals surface area contributed by atoms with Crippen LogP contribution in [0.5, 0.6) is 5.88 Å². The van der Waals surface area contributed by atoms with Crippen molar-refractivity contribution < 1.29 is 14.3 Å². The van der Waals surface area contributed by atoms with Crippen LogP contribution < -0.4 is 10.1 Å². The van der Waals surface area contributed by atoms with Gasteiger partial charge in [-0.15, -0.1) is 0 Å². The largest absolute Gasteiger partial charge is 0.474 e. The molecule has 0 spiro atoms. The second-order valence-electron chi connectivity index (χ2n) is 7.55. The van der Waals surface area contributed by atoms with E-state index in [0.717, 1.165) is 49.2 Å². The monoisotopic (exact) mass is 430 g/mol. The van der Waals surface area contributed by atoms with Crippen LogP contribution in [0.2, 0.25) is 5.02 Å². The molecular weight excluding hydrogens is 404 g/mol. The average molecular weight is 431 g/mol. The molecule has 7 nitrogen and oxygen atoms in total. The number of aromatic nitrogens is 2. The number of urea groups is 1. The zero-order valence-electron chi connectivity index (χ0n) is 17.2. The van der Waals surface area contributed by atoms with E-state index in [0.29, 0.717) is 42.9 Å². The minimum Gasteiger partial charge on any atom is -0.474 e. The fourth-order valence-corrected chi connectivity index (χ4v) is 3.99. The molecule has 1 saturated heterocycles. The standard InChI is InChI=1S/C22H27ClN4O3/c1-2-20-24-18-10-14-29-13-9-16(18)21(26-20)30-15-7-11-27(12-8-15)22(28)25-19-6-4-3-5-17(19)23/h3-6,15H,2,7-14H2,1H3,(H,25,28). The van der Waals surface area contributed by atoms with Crippen molar-refractivity contribution in [3.05, 3.63) is 46.4 Å². The molecule has 1 aromatic heterocycles. The van der Waals surface area contributed by atoms with E-state index in [4.69, 9.17) is 21.1 Å². The molecule has 0 aliphatic carbocycles. The lowest BCUT2D eigenvalue weighted by molar-refractivity contribution is 0.109. The van der Waals surface area contributed by atoms with Gasteiger partial charge in [0, 0.05) is 50.8 Å². The van der Waals surface area contributed by atoms with Crippen LogP contribution in [0.15, 0.2) is 24.3 Å². The molecule has 160 valence electrons. The molecule has 0 bridgehead atoms. The number of hydrogen-bond acceptors (Lipinski definition) is 5. The molecular formula is C22H27ClN4O3. The van der Waals surface area contributed by atoms with Crippen LogP contribution in [-0.4, -0.2) is 53.3 Å². The number of fused-ring (bicyclic) bond motifs is 1. The van der Waals surface area contributed by atoms with Gasteiger partial charge in [0.15, 0.2) is 0 Å². The Morgan fingerprint density at radius 1 is 1.23 bits per heavy atom. The first-order chi connectivity index (χ1) is 14.6. The summed E-state index contributed by atoms with van der Waals surface area (Å²) in [7, 11) is 0. The Labute approximate surface area is 181 Å². The van der Waals surface area contributed by atoms with Crippen molar-refractivity contribution in [1.29, 1.82) is 0 Å². The van der Waals surface area contributed by atoms with Gasteiger partial charge >= 0.3 is 6.03 Å². The van der Waals surface area contributed by atoms with Crippen LogP contribution >= 0.6 is 11.6 Å². The highest BCUT2D eigenvalue weighted by molar-refractivity contribution is 6.33. The number of carbonyl (C=O) groups excluding carboxylic acids is 1. The summed E-state index contributed by atoms with van der Waals surface area (Å²) in [6.45, 7) is 4.65. The summed E-state index contributed by atoms with van der Waals surface area (Å²) in [4.78, 5) is 23.7. The topological polar surface area (TPSA) is 76.6 Å². The van der Waals surface area contributed by atoms with Crippen molar-refractivity contribution in [2.45, 2.75) is 45.1 Å². The molecule has 0 unspecified atom stereocenters. The molecule has 1 N–H and O–H groups in total. The van der Waals surface area contributed by atoms with Crippen molar-refractivity contribution in [2.75, 3.05) is 31.6 Å². The van der Waals surface area contributed by atoms with E-state index in [-0.39, 0.29) is 12.1 Å².